The number of amides is 1. The second-order valence-electron chi connectivity index (χ2n) is 7.21. The fraction of sp³-hybridized carbons (Fsp3) is 0.611. The molecule has 1 unspecified atom stereocenters. The van der Waals surface area contributed by atoms with Crippen molar-refractivity contribution in [2.75, 3.05) is 13.1 Å². The minimum atomic E-state index is -0.411. The van der Waals surface area contributed by atoms with Crippen LogP contribution >= 0.6 is 0 Å². The summed E-state index contributed by atoms with van der Waals surface area (Å²) in [5.41, 5.74) is 7.35. The van der Waals surface area contributed by atoms with Crippen LogP contribution in [0.1, 0.15) is 51.5 Å². The van der Waals surface area contributed by atoms with Gasteiger partial charge >= 0.3 is 0 Å². The van der Waals surface area contributed by atoms with Gasteiger partial charge in [-0.3, -0.25) is 4.79 Å². The van der Waals surface area contributed by atoms with Crippen LogP contribution in [0.5, 0.6) is 0 Å². The van der Waals surface area contributed by atoms with Gasteiger partial charge in [0.25, 0.3) is 0 Å². The minimum absolute atomic E-state index is 0.108. The van der Waals surface area contributed by atoms with Crippen LogP contribution in [0.4, 0.5) is 0 Å². The highest BCUT2D eigenvalue weighted by Gasteiger charge is 2.32. The first-order valence-corrected chi connectivity index (χ1v) is 7.99. The Balaban J connectivity index is 1.99. The molecule has 1 fully saturated rings. The molecular formula is C18H28N2O. The highest BCUT2D eigenvalue weighted by molar-refractivity contribution is 5.82. The van der Waals surface area contributed by atoms with Crippen molar-refractivity contribution in [1.82, 2.24) is 4.90 Å². The van der Waals surface area contributed by atoms with Crippen molar-refractivity contribution in [3.63, 3.8) is 0 Å². The largest absolute Gasteiger partial charge is 0.341 e. The monoisotopic (exact) mass is 288 g/mol. The van der Waals surface area contributed by atoms with Crippen LogP contribution in [0, 0.1) is 5.41 Å². The summed E-state index contributed by atoms with van der Waals surface area (Å²) in [5, 5.41) is 0. The topological polar surface area (TPSA) is 46.3 Å². The molecule has 1 heterocycles. The molecule has 116 valence electrons. The van der Waals surface area contributed by atoms with Crippen LogP contribution < -0.4 is 5.73 Å². The second-order valence-corrected chi connectivity index (χ2v) is 7.21. The number of hydrogen-bond acceptors (Lipinski definition) is 2. The third kappa shape index (κ3) is 4.07. The quantitative estimate of drug-likeness (QED) is 0.908. The van der Waals surface area contributed by atoms with Gasteiger partial charge in [0.05, 0.1) is 6.04 Å². The average Bonchev–Trinajstić information content (AvgIpc) is 2.71. The highest BCUT2D eigenvalue weighted by Crippen LogP contribution is 2.29. The lowest BCUT2D eigenvalue weighted by molar-refractivity contribution is -0.134. The van der Waals surface area contributed by atoms with Gasteiger partial charge in [-0.1, -0.05) is 51.1 Å². The number of rotatable bonds is 2. The molecule has 0 aliphatic carbocycles. The van der Waals surface area contributed by atoms with E-state index in [2.05, 4.69) is 30.3 Å². The lowest BCUT2D eigenvalue weighted by atomic mass is 9.86. The number of nitrogens with two attached hydrogens (primary N) is 1. The van der Waals surface area contributed by atoms with Crippen LogP contribution in [-0.4, -0.2) is 29.9 Å². The molecule has 1 aromatic rings. The summed E-state index contributed by atoms with van der Waals surface area (Å²) in [6, 6.07) is 10.2. The first-order chi connectivity index (χ1) is 9.89. The maximum atomic E-state index is 12.5. The second kappa shape index (κ2) is 6.61. The van der Waals surface area contributed by atoms with E-state index in [0.717, 1.165) is 32.4 Å². The van der Waals surface area contributed by atoms with Gasteiger partial charge < -0.3 is 10.6 Å². The zero-order valence-corrected chi connectivity index (χ0v) is 13.5. The Labute approximate surface area is 128 Å². The van der Waals surface area contributed by atoms with E-state index in [1.165, 1.54) is 5.56 Å². The van der Waals surface area contributed by atoms with Crippen molar-refractivity contribution in [3.05, 3.63) is 35.9 Å². The summed E-state index contributed by atoms with van der Waals surface area (Å²) in [4.78, 5) is 14.5. The third-order valence-corrected chi connectivity index (χ3v) is 4.51. The predicted octanol–water partition coefficient (Wildman–Crippen LogP) is 3.16. The molecule has 1 amide bonds. The van der Waals surface area contributed by atoms with Crippen molar-refractivity contribution >= 4 is 5.91 Å². The van der Waals surface area contributed by atoms with Gasteiger partial charge in [-0.25, -0.2) is 0 Å². The number of benzene rings is 1. The molecule has 0 bridgehead atoms. The number of carbonyl (C=O) groups excluding carboxylic acids is 1. The van der Waals surface area contributed by atoms with Crippen LogP contribution in [-0.2, 0) is 4.79 Å². The first kappa shape index (κ1) is 16.0. The molecule has 2 N–H and O–H groups in total. The van der Waals surface area contributed by atoms with Gasteiger partial charge in [0, 0.05) is 13.1 Å². The fourth-order valence-corrected chi connectivity index (χ4v) is 2.94. The first-order valence-electron chi connectivity index (χ1n) is 7.99. The summed E-state index contributed by atoms with van der Waals surface area (Å²) < 4.78 is 0. The number of hydrogen-bond donors (Lipinski definition) is 1. The molecule has 0 saturated carbocycles. The van der Waals surface area contributed by atoms with Crippen LogP contribution in [0.25, 0.3) is 0 Å². The van der Waals surface area contributed by atoms with Crippen molar-refractivity contribution < 1.29 is 4.79 Å². The van der Waals surface area contributed by atoms with E-state index in [0.29, 0.717) is 5.92 Å². The van der Waals surface area contributed by atoms with Crippen molar-refractivity contribution in [2.45, 2.75) is 52.0 Å². The summed E-state index contributed by atoms with van der Waals surface area (Å²) in [5.74, 6) is 0.672. The Morgan fingerprint density at radius 2 is 1.86 bits per heavy atom. The Hall–Kier alpha value is -1.35. The summed E-state index contributed by atoms with van der Waals surface area (Å²) in [6.07, 6.45) is 3.24. The molecule has 3 heteroatoms. The van der Waals surface area contributed by atoms with Gasteiger partial charge in [-0.15, -0.1) is 0 Å². The molecule has 0 radical (unpaired) electrons. The van der Waals surface area contributed by atoms with Gasteiger partial charge in [-0.2, -0.15) is 0 Å². The molecule has 1 aromatic carbocycles. The molecule has 2 rings (SSSR count). The van der Waals surface area contributed by atoms with E-state index in [4.69, 9.17) is 5.73 Å². The summed E-state index contributed by atoms with van der Waals surface area (Å²) in [6.45, 7) is 7.74. The SMILES string of the molecule is CC(C)(C)[C@H](N)C(=O)N1CCCC(c2ccccc2)CC1. The summed E-state index contributed by atoms with van der Waals surface area (Å²) in [7, 11) is 0. The number of nitrogens with zero attached hydrogens (tertiary/aromatic N) is 1. The molecule has 2 atom stereocenters. The Kier molecular flexibility index (Phi) is 5.04. The molecule has 1 aliphatic rings. The van der Waals surface area contributed by atoms with Gasteiger partial charge in [0.2, 0.25) is 5.91 Å². The van der Waals surface area contributed by atoms with Crippen LogP contribution in [0.15, 0.2) is 30.3 Å². The Bertz CT molecular complexity index is 464. The predicted molar refractivity (Wildman–Crippen MR) is 87.0 cm³/mol. The fourth-order valence-electron chi connectivity index (χ4n) is 2.94. The highest BCUT2D eigenvalue weighted by atomic mass is 16.2. The van der Waals surface area contributed by atoms with E-state index in [1.54, 1.807) is 0 Å². The molecule has 0 aromatic heterocycles. The summed E-state index contributed by atoms with van der Waals surface area (Å²) >= 11 is 0. The smallest absolute Gasteiger partial charge is 0.240 e. The van der Waals surface area contributed by atoms with Crippen LogP contribution in [0.3, 0.4) is 0 Å². The van der Waals surface area contributed by atoms with E-state index < -0.39 is 6.04 Å². The maximum absolute atomic E-state index is 12.5. The molecule has 1 aliphatic heterocycles. The lowest BCUT2D eigenvalue weighted by Crippen LogP contribution is -2.50. The zero-order valence-electron chi connectivity index (χ0n) is 13.5. The molecule has 1 saturated heterocycles. The number of carbonyl (C=O) groups is 1. The minimum Gasteiger partial charge on any atom is -0.341 e. The lowest BCUT2D eigenvalue weighted by Gasteiger charge is -2.31. The van der Waals surface area contributed by atoms with E-state index >= 15 is 0 Å². The van der Waals surface area contributed by atoms with Crippen molar-refractivity contribution in [2.24, 2.45) is 11.1 Å². The average molecular weight is 288 g/mol. The van der Waals surface area contributed by atoms with Crippen molar-refractivity contribution in [3.8, 4) is 0 Å². The third-order valence-electron chi connectivity index (χ3n) is 4.51. The van der Waals surface area contributed by atoms with E-state index in [1.807, 2.05) is 25.7 Å². The van der Waals surface area contributed by atoms with E-state index in [9.17, 15) is 4.79 Å². The van der Waals surface area contributed by atoms with Gasteiger partial charge in [0.15, 0.2) is 0 Å². The molecule has 21 heavy (non-hydrogen) atoms. The zero-order chi connectivity index (χ0) is 15.5. The van der Waals surface area contributed by atoms with Gasteiger partial charge in [0.1, 0.15) is 0 Å². The Morgan fingerprint density at radius 1 is 1.19 bits per heavy atom. The van der Waals surface area contributed by atoms with Crippen molar-refractivity contribution in [1.29, 1.82) is 0 Å². The standard InChI is InChI=1S/C18H28N2O/c1-18(2,3)16(19)17(21)20-12-7-10-15(11-13-20)14-8-5-4-6-9-14/h4-6,8-9,15-16H,7,10-13,19H2,1-3H3/t15?,16-/m1/s1. The maximum Gasteiger partial charge on any atom is 0.240 e. The Morgan fingerprint density at radius 3 is 2.48 bits per heavy atom. The molecule has 3 nitrogen and oxygen atoms in total. The van der Waals surface area contributed by atoms with Crippen LogP contribution in [0.2, 0.25) is 0 Å². The van der Waals surface area contributed by atoms with E-state index in [-0.39, 0.29) is 11.3 Å². The normalized spacial score (nSPS) is 21.7. The number of likely N-dealkylation sites (tertiary alicyclic amines) is 1. The molecule has 0 spiro atoms. The van der Waals surface area contributed by atoms with Gasteiger partial charge in [-0.05, 0) is 36.2 Å². The molecular weight excluding hydrogens is 260 g/mol.